The molecule has 10 atom stereocenters. The van der Waals surface area contributed by atoms with Gasteiger partial charge in [-0.2, -0.15) is 0 Å². The molecule has 0 unspecified atom stereocenters. The molecule has 0 aromatic carbocycles. The molecule has 1 N–H and O–H groups in total. The lowest BCUT2D eigenvalue weighted by Gasteiger charge is -2.48. The summed E-state index contributed by atoms with van der Waals surface area (Å²) in [7, 11) is 0. The summed E-state index contributed by atoms with van der Waals surface area (Å²) in [5, 5.41) is 9.94. The smallest absolute Gasteiger partial charge is 0.336 e. The highest BCUT2D eigenvalue weighted by Crippen LogP contribution is 2.35. The predicted octanol–water partition coefficient (Wildman–Crippen LogP) is -0.670. The maximum atomic E-state index is 12.3. The summed E-state index contributed by atoms with van der Waals surface area (Å²) in [5.74, 6) is -7.07. The number of ether oxygens (including phenoxy) is 10. The van der Waals surface area contributed by atoms with E-state index in [2.05, 4.69) is 6.58 Å². The van der Waals surface area contributed by atoms with Gasteiger partial charge in [-0.3, -0.25) is 28.8 Å². The van der Waals surface area contributed by atoms with Crippen LogP contribution in [0, 0.1) is 0 Å². The van der Waals surface area contributed by atoms with Gasteiger partial charge in [-0.1, -0.05) is 6.08 Å². The second-order valence-corrected chi connectivity index (χ2v) is 9.70. The van der Waals surface area contributed by atoms with E-state index in [0.717, 1.165) is 41.5 Å². The molecule has 0 spiro atoms. The van der Waals surface area contributed by atoms with Gasteiger partial charge in [-0.15, -0.1) is 6.58 Å². The van der Waals surface area contributed by atoms with Crippen LogP contribution in [0.15, 0.2) is 12.7 Å². The number of rotatable bonds is 13. The number of aliphatic carboxylic acids is 1. The maximum Gasteiger partial charge on any atom is 0.336 e. The molecular weight excluding hydrogens is 612 g/mol. The second kappa shape index (κ2) is 16.8. The Labute approximate surface area is 257 Å². The lowest BCUT2D eigenvalue weighted by molar-refractivity contribution is -0.357. The standard InChI is InChI=1S/C27H36O18/c1-8-9-36-26-23(41-15(6)32)21(20(40-14(5)31)22(45-26)25(34)35)44-27-24(42-16(7)33)19(39-13(4)30)18(38-12(3)29)17(43-27)10-37-11(2)28/h8,17-24,26-27H,1,9-10H2,2-7H3,(H,34,35)/t17-,18-,19+,20+,21+,22+,23-,24+,26-,27-/m1/s1. The Morgan fingerprint density at radius 1 is 0.622 bits per heavy atom. The summed E-state index contributed by atoms with van der Waals surface area (Å²) in [5.41, 5.74) is 0. The van der Waals surface area contributed by atoms with Crippen molar-refractivity contribution in [3.05, 3.63) is 12.7 Å². The van der Waals surface area contributed by atoms with Gasteiger partial charge in [0.05, 0.1) is 6.61 Å². The highest BCUT2D eigenvalue weighted by atomic mass is 16.8. The van der Waals surface area contributed by atoms with Gasteiger partial charge < -0.3 is 52.5 Å². The van der Waals surface area contributed by atoms with Gasteiger partial charge in [0.2, 0.25) is 0 Å². The molecule has 252 valence electrons. The van der Waals surface area contributed by atoms with Crippen molar-refractivity contribution in [2.75, 3.05) is 13.2 Å². The Morgan fingerprint density at radius 3 is 1.56 bits per heavy atom. The Morgan fingerprint density at radius 2 is 1.09 bits per heavy atom. The molecule has 0 saturated carbocycles. The van der Waals surface area contributed by atoms with Gasteiger partial charge in [0, 0.05) is 41.5 Å². The van der Waals surface area contributed by atoms with Crippen LogP contribution in [0.25, 0.3) is 0 Å². The van der Waals surface area contributed by atoms with Crippen molar-refractivity contribution in [1.29, 1.82) is 0 Å². The molecule has 45 heavy (non-hydrogen) atoms. The van der Waals surface area contributed by atoms with Gasteiger partial charge >= 0.3 is 41.8 Å². The summed E-state index contributed by atoms with van der Waals surface area (Å²) in [6.45, 7) is 8.76. The molecule has 0 aromatic heterocycles. The summed E-state index contributed by atoms with van der Waals surface area (Å²) < 4.78 is 54.7. The summed E-state index contributed by atoms with van der Waals surface area (Å²) in [6, 6.07) is 0. The molecule has 0 aromatic rings. The van der Waals surface area contributed by atoms with E-state index in [1.54, 1.807) is 0 Å². The molecule has 0 amide bonds. The second-order valence-electron chi connectivity index (χ2n) is 9.70. The van der Waals surface area contributed by atoms with Gasteiger partial charge in [-0.25, -0.2) is 4.79 Å². The number of carbonyl (C=O) groups is 7. The quantitative estimate of drug-likeness (QED) is 0.148. The number of esters is 6. The van der Waals surface area contributed by atoms with E-state index in [4.69, 9.17) is 47.4 Å². The molecule has 2 rings (SSSR count). The normalized spacial score (nSPS) is 31.0. The number of hydrogen-bond donors (Lipinski definition) is 1. The van der Waals surface area contributed by atoms with Crippen molar-refractivity contribution in [1.82, 2.24) is 0 Å². The molecule has 2 aliphatic heterocycles. The van der Waals surface area contributed by atoms with Crippen LogP contribution in [0.2, 0.25) is 0 Å². The third-order valence-corrected chi connectivity index (χ3v) is 5.96. The molecule has 18 heteroatoms. The average Bonchev–Trinajstić information content (AvgIpc) is 2.90. The van der Waals surface area contributed by atoms with Gasteiger partial charge in [0.15, 0.2) is 49.2 Å². The van der Waals surface area contributed by atoms with E-state index in [-0.39, 0.29) is 6.61 Å². The zero-order chi connectivity index (χ0) is 34.0. The lowest BCUT2D eigenvalue weighted by Crippen LogP contribution is -2.67. The highest BCUT2D eigenvalue weighted by molar-refractivity contribution is 5.75. The van der Waals surface area contributed by atoms with Crippen molar-refractivity contribution in [2.45, 2.75) is 103 Å². The van der Waals surface area contributed by atoms with Crippen LogP contribution < -0.4 is 0 Å². The van der Waals surface area contributed by atoms with Gasteiger partial charge in [-0.05, 0) is 0 Å². The zero-order valence-electron chi connectivity index (χ0n) is 25.4. The van der Waals surface area contributed by atoms with Gasteiger partial charge in [0.25, 0.3) is 0 Å². The topological polar surface area (TPSA) is 232 Å². The Hall–Kier alpha value is -4.13. The molecule has 0 bridgehead atoms. The van der Waals surface area contributed by atoms with E-state index in [9.17, 15) is 38.7 Å². The number of hydrogen-bond acceptors (Lipinski definition) is 17. The molecule has 2 heterocycles. The van der Waals surface area contributed by atoms with Gasteiger partial charge in [0.1, 0.15) is 18.8 Å². The first kappa shape index (κ1) is 37.1. The van der Waals surface area contributed by atoms with E-state index in [1.165, 1.54) is 6.08 Å². The fourth-order valence-corrected chi connectivity index (χ4v) is 4.55. The minimum atomic E-state index is -1.97. The third-order valence-electron chi connectivity index (χ3n) is 5.96. The van der Waals surface area contributed by atoms with Crippen LogP contribution in [0.1, 0.15) is 41.5 Å². The van der Waals surface area contributed by atoms with Crippen LogP contribution in [0.5, 0.6) is 0 Å². The summed E-state index contributed by atoms with van der Waals surface area (Å²) >= 11 is 0. The zero-order valence-corrected chi connectivity index (χ0v) is 25.4. The molecular formula is C27H36O18. The number of carboxylic acids is 1. The fraction of sp³-hybridized carbons (Fsp3) is 0.667. The predicted molar refractivity (Wildman–Crippen MR) is 140 cm³/mol. The summed E-state index contributed by atoms with van der Waals surface area (Å²) in [6.07, 6.45) is -15.9. The lowest BCUT2D eigenvalue weighted by atomic mass is 9.95. The third kappa shape index (κ3) is 10.8. The Balaban J connectivity index is 2.74. The van der Waals surface area contributed by atoms with Crippen molar-refractivity contribution < 1.29 is 86.0 Å². The Bertz CT molecular complexity index is 1130. The van der Waals surface area contributed by atoms with E-state index < -0.39 is 110 Å². The molecule has 2 aliphatic rings. The summed E-state index contributed by atoms with van der Waals surface area (Å²) in [4.78, 5) is 84.5. The van der Waals surface area contributed by atoms with Crippen LogP contribution in [-0.4, -0.2) is 122 Å². The van der Waals surface area contributed by atoms with Crippen molar-refractivity contribution >= 4 is 41.8 Å². The van der Waals surface area contributed by atoms with Crippen molar-refractivity contribution in [3.8, 4) is 0 Å². The molecule has 0 radical (unpaired) electrons. The van der Waals surface area contributed by atoms with Crippen LogP contribution in [0.3, 0.4) is 0 Å². The van der Waals surface area contributed by atoms with Crippen LogP contribution in [-0.2, 0) is 80.9 Å². The van der Waals surface area contributed by atoms with E-state index >= 15 is 0 Å². The number of carboxylic acid groups (broad SMARTS) is 1. The maximum absolute atomic E-state index is 12.3. The monoisotopic (exact) mass is 648 g/mol. The average molecular weight is 649 g/mol. The van der Waals surface area contributed by atoms with Crippen molar-refractivity contribution in [2.24, 2.45) is 0 Å². The molecule has 2 saturated heterocycles. The van der Waals surface area contributed by atoms with E-state index in [0.29, 0.717) is 0 Å². The first-order valence-electron chi connectivity index (χ1n) is 13.5. The molecule has 2 fully saturated rings. The van der Waals surface area contributed by atoms with E-state index in [1.807, 2.05) is 0 Å². The molecule has 0 aliphatic carbocycles. The van der Waals surface area contributed by atoms with Crippen molar-refractivity contribution in [3.63, 3.8) is 0 Å². The Kier molecular flexibility index (Phi) is 13.8. The fourth-order valence-electron chi connectivity index (χ4n) is 4.55. The first-order chi connectivity index (χ1) is 21.0. The first-order valence-corrected chi connectivity index (χ1v) is 13.5. The number of carbonyl (C=O) groups excluding carboxylic acids is 6. The SMILES string of the molecule is C=CCO[C@@H]1O[C@H](C(=O)O)[C@@H](OC(C)=O)[C@H](O[C@H]2O[C@H](COC(C)=O)[C@@H](OC(C)=O)[C@H](OC(C)=O)[C@@H]2OC(C)=O)[C@H]1OC(C)=O. The largest absolute Gasteiger partial charge is 0.479 e. The minimum absolute atomic E-state index is 0.223. The molecule has 18 nitrogen and oxygen atoms in total. The highest BCUT2D eigenvalue weighted by Gasteiger charge is 2.58. The van der Waals surface area contributed by atoms with Crippen LogP contribution >= 0.6 is 0 Å². The minimum Gasteiger partial charge on any atom is -0.479 e. The van der Waals surface area contributed by atoms with Crippen LogP contribution in [0.4, 0.5) is 0 Å².